The Kier molecular flexibility index (Phi) is 5.89. The first-order chi connectivity index (χ1) is 11.6. The molecule has 0 saturated heterocycles. The summed E-state index contributed by atoms with van der Waals surface area (Å²) < 4.78 is 10.5. The normalized spacial score (nSPS) is 16.2. The van der Waals surface area contributed by atoms with Crippen LogP contribution in [-0.2, 0) is 20.7 Å². The van der Waals surface area contributed by atoms with Crippen molar-refractivity contribution in [2.75, 3.05) is 13.2 Å². The Morgan fingerprint density at radius 2 is 2.04 bits per heavy atom. The average molecular weight is 369 g/mol. The first-order valence-corrected chi connectivity index (χ1v) is 8.22. The van der Waals surface area contributed by atoms with Crippen molar-refractivity contribution >= 4 is 29.5 Å². The number of rotatable bonds is 3. The minimum atomic E-state index is -0.699. The molecule has 0 aromatic heterocycles. The van der Waals surface area contributed by atoms with Crippen LogP contribution in [0.4, 0.5) is 4.79 Å². The molecule has 3 amide bonds. The van der Waals surface area contributed by atoms with Gasteiger partial charge in [-0.3, -0.25) is 14.9 Å². The maximum absolute atomic E-state index is 12.1. The summed E-state index contributed by atoms with van der Waals surface area (Å²) in [6.07, 6.45) is 0.418. The van der Waals surface area contributed by atoms with Gasteiger partial charge in [0.15, 0.2) is 6.61 Å². The maximum Gasteiger partial charge on any atom is 0.321 e. The van der Waals surface area contributed by atoms with Crippen molar-refractivity contribution in [3.63, 3.8) is 0 Å². The molecular formula is C17H21ClN2O5. The molecule has 1 aromatic carbocycles. The zero-order chi connectivity index (χ0) is 18.6. The summed E-state index contributed by atoms with van der Waals surface area (Å²) in [5, 5.41) is 5.23. The second kappa shape index (κ2) is 7.74. The maximum atomic E-state index is 12.1. The highest BCUT2D eigenvalue weighted by Crippen LogP contribution is 2.30. The second-order valence-corrected chi connectivity index (χ2v) is 7.26. The number of imide groups is 1. The summed E-state index contributed by atoms with van der Waals surface area (Å²) in [5.41, 5.74) is 0.338. The number of halogens is 1. The first kappa shape index (κ1) is 19.1. The predicted octanol–water partition coefficient (Wildman–Crippen LogP) is 2.06. The van der Waals surface area contributed by atoms with Crippen molar-refractivity contribution in [2.45, 2.75) is 32.7 Å². The summed E-state index contributed by atoms with van der Waals surface area (Å²) >= 11 is 5.94. The van der Waals surface area contributed by atoms with Gasteiger partial charge in [0.05, 0.1) is 5.92 Å². The number of carbonyl (C=O) groups excluding carboxylic acids is 3. The predicted molar refractivity (Wildman–Crippen MR) is 91.5 cm³/mol. The van der Waals surface area contributed by atoms with Gasteiger partial charge in [0.2, 0.25) is 0 Å². The molecule has 1 atom stereocenters. The van der Waals surface area contributed by atoms with Gasteiger partial charge in [0.25, 0.3) is 5.91 Å². The summed E-state index contributed by atoms with van der Waals surface area (Å²) in [4.78, 5) is 35.3. The van der Waals surface area contributed by atoms with E-state index in [4.69, 9.17) is 21.1 Å². The van der Waals surface area contributed by atoms with Gasteiger partial charge in [-0.25, -0.2) is 4.79 Å². The number of esters is 1. The van der Waals surface area contributed by atoms with Crippen LogP contribution in [0, 0.1) is 5.92 Å². The third-order valence-electron chi connectivity index (χ3n) is 3.35. The van der Waals surface area contributed by atoms with E-state index < -0.39 is 36.0 Å². The highest BCUT2D eigenvalue weighted by Gasteiger charge is 2.28. The zero-order valence-corrected chi connectivity index (χ0v) is 15.1. The molecule has 0 bridgehead atoms. The van der Waals surface area contributed by atoms with Crippen molar-refractivity contribution in [1.29, 1.82) is 0 Å². The van der Waals surface area contributed by atoms with Crippen LogP contribution in [0.5, 0.6) is 5.75 Å². The smallest absolute Gasteiger partial charge is 0.321 e. The number of hydrogen-bond acceptors (Lipinski definition) is 5. The van der Waals surface area contributed by atoms with Crippen LogP contribution in [0.3, 0.4) is 0 Å². The van der Waals surface area contributed by atoms with Crippen LogP contribution in [0.15, 0.2) is 18.2 Å². The fourth-order valence-electron chi connectivity index (χ4n) is 2.30. The van der Waals surface area contributed by atoms with E-state index in [2.05, 4.69) is 10.6 Å². The van der Waals surface area contributed by atoms with E-state index in [9.17, 15) is 14.4 Å². The summed E-state index contributed by atoms with van der Waals surface area (Å²) in [6, 6.07) is 4.56. The number of amides is 3. The van der Waals surface area contributed by atoms with Crippen molar-refractivity contribution in [3.05, 3.63) is 28.8 Å². The number of nitrogens with one attached hydrogen (secondary N) is 2. The monoisotopic (exact) mass is 368 g/mol. The molecule has 8 heteroatoms. The highest BCUT2D eigenvalue weighted by molar-refractivity contribution is 6.30. The topological polar surface area (TPSA) is 93.7 Å². The zero-order valence-electron chi connectivity index (χ0n) is 14.3. The first-order valence-electron chi connectivity index (χ1n) is 7.84. The fourth-order valence-corrected chi connectivity index (χ4v) is 2.50. The third kappa shape index (κ3) is 5.94. The second-order valence-electron chi connectivity index (χ2n) is 6.82. The van der Waals surface area contributed by atoms with Crippen molar-refractivity contribution in [1.82, 2.24) is 10.6 Å². The Balaban J connectivity index is 1.81. The highest BCUT2D eigenvalue weighted by atomic mass is 35.5. The average Bonchev–Trinajstić information content (AvgIpc) is 2.49. The van der Waals surface area contributed by atoms with Crippen molar-refractivity contribution in [3.8, 4) is 5.75 Å². The third-order valence-corrected chi connectivity index (χ3v) is 3.58. The van der Waals surface area contributed by atoms with Crippen LogP contribution < -0.4 is 15.4 Å². The van der Waals surface area contributed by atoms with E-state index in [1.807, 2.05) is 0 Å². The molecule has 0 saturated carbocycles. The van der Waals surface area contributed by atoms with Gasteiger partial charge in [-0.15, -0.1) is 0 Å². The largest absolute Gasteiger partial charge is 0.492 e. The molecule has 0 aliphatic carbocycles. The van der Waals surface area contributed by atoms with E-state index in [0.717, 1.165) is 5.56 Å². The molecule has 2 rings (SSSR count). The van der Waals surface area contributed by atoms with Gasteiger partial charge in [0, 0.05) is 10.6 Å². The Bertz CT molecular complexity index is 684. The van der Waals surface area contributed by atoms with E-state index in [1.165, 1.54) is 0 Å². The Hall–Kier alpha value is -2.28. The van der Waals surface area contributed by atoms with Crippen molar-refractivity contribution < 1.29 is 23.9 Å². The van der Waals surface area contributed by atoms with Gasteiger partial charge in [0.1, 0.15) is 12.4 Å². The van der Waals surface area contributed by atoms with Gasteiger partial charge < -0.3 is 14.8 Å². The molecule has 1 heterocycles. The van der Waals surface area contributed by atoms with E-state index >= 15 is 0 Å². The Morgan fingerprint density at radius 3 is 2.72 bits per heavy atom. The Morgan fingerprint density at radius 1 is 1.32 bits per heavy atom. The van der Waals surface area contributed by atoms with Crippen LogP contribution in [0.1, 0.15) is 26.3 Å². The standard InChI is InChI=1S/C17H21ClN2O5/c1-17(2,3)20-16(23)19-14(21)9-25-15(22)11-6-10-7-12(18)4-5-13(10)24-8-11/h4-5,7,11H,6,8-9H2,1-3H3,(H2,19,20,21,23)/t11-/m0/s1. The summed E-state index contributed by atoms with van der Waals surface area (Å²) in [5.74, 6) is -1.10. The molecule has 2 N–H and O–H groups in total. The molecule has 0 fully saturated rings. The number of fused-ring (bicyclic) bond motifs is 1. The van der Waals surface area contributed by atoms with Gasteiger partial charge in [-0.1, -0.05) is 11.6 Å². The fraction of sp³-hybridized carbons (Fsp3) is 0.471. The van der Waals surface area contributed by atoms with Crippen LogP contribution in [-0.4, -0.2) is 36.7 Å². The molecule has 0 radical (unpaired) electrons. The molecule has 0 spiro atoms. The minimum Gasteiger partial charge on any atom is -0.492 e. The minimum absolute atomic E-state index is 0.166. The number of benzene rings is 1. The lowest BCUT2D eigenvalue weighted by molar-refractivity contribution is -0.153. The molecule has 25 heavy (non-hydrogen) atoms. The molecule has 0 unspecified atom stereocenters. The molecule has 1 aromatic rings. The lowest BCUT2D eigenvalue weighted by Gasteiger charge is -2.24. The summed E-state index contributed by atoms with van der Waals surface area (Å²) in [6.45, 7) is 4.98. The quantitative estimate of drug-likeness (QED) is 0.796. The number of ether oxygens (including phenoxy) is 2. The molecule has 1 aliphatic rings. The lowest BCUT2D eigenvalue weighted by atomic mass is 9.97. The van der Waals surface area contributed by atoms with Crippen LogP contribution in [0.25, 0.3) is 0 Å². The van der Waals surface area contributed by atoms with Gasteiger partial charge in [-0.2, -0.15) is 0 Å². The van der Waals surface area contributed by atoms with Gasteiger partial charge in [-0.05, 0) is 51.0 Å². The number of carbonyl (C=O) groups is 3. The van der Waals surface area contributed by atoms with Crippen molar-refractivity contribution in [2.24, 2.45) is 5.92 Å². The lowest BCUT2D eigenvalue weighted by Crippen LogP contribution is -2.49. The van der Waals surface area contributed by atoms with E-state index in [-0.39, 0.29) is 6.61 Å². The van der Waals surface area contributed by atoms with Crippen LogP contribution in [0.2, 0.25) is 5.02 Å². The molecule has 136 valence electrons. The number of hydrogen-bond donors (Lipinski definition) is 2. The van der Waals surface area contributed by atoms with E-state index in [0.29, 0.717) is 17.2 Å². The van der Waals surface area contributed by atoms with E-state index in [1.54, 1.807) is 39.0 Å². The number of urea groups is 1. The van der Waals surface area contributed by atoms with Crippen LogP contribution >= 0.6 is 11.6 Å². The molecule has 1 aliphatic heterocycles. The van der Waals surface area contributed by atoms with Gasteiger partial charge >= 0.3 is 12.0 Å². The Labute approximate surface area is 151 Å². The molecule has 7 nitrogen and oxygen atoms in total. The summed E-state index contributed by atoms with van der Waals surface area (Å²) in [7, 11) is 0. The molecular weight excluding hydrogens is 348 g/mol. The SMILES string of the molecule is CC(C)(C)NC(=O)NC(=O)COC(=O)[C@@H]1COc2ccc(Cl)cc2C1.